The first kappa shape index (κ1) is 34.1. The fourth-order valence-electron chi connectivity index (χ4n) is 4.66. The molecule has 0 saturated heterocycles. The Balaban J connectivity index is 1.43. The summed E-state index contributed by atoms with van der Waals surface area (Å²) in [4.78, 5) is 24.3. The van der Waals surface area contributed by atoms with Gasteiger partial charge < -0.3 is 25.2 Å². The van der Waals surface area contributed by atoms with Crippen molar-refractivity contribution in [3.05, 3.63) is 48.5 Å². The van der Waals surface area contributed by atoms with Crippen molar-refractivity contribution in [2.24, 2.45) is 0 Å². The van der Waals surface area contributed by atoms with Crippen LogP contribution in [0.1, 0.15) is 110 Å². The number of carbonyl (C=O) groups is 2. The summed E-state index contributed by atoms with van der Waals surface area (Å²) in [6, 6.07) is 13.1. The maximum atomic E-state index is 12.2. The molecule has 2 aromatic carbocycles. The third kappa shape index (κ3) is 16.7. The van der Waals surface area contributed by atoms with Gasteiger partial charge in [-0.15, -0.1) is 0 Å². The van der Waals surface area contributed by atoms with Crippen LogP contribution in [0.15, 0.2) is 48.5 Å². The molecule has 3 N–H and O–H groups in total. The molecule has 0 fully saturated rings. The van der Waals surface area contributed by atoms with Crippen molar-refractivity contribution in [3.8, 4) is 17.2 Å². The summed E-state index contributed by atoms with van der Waals surface area (Å²) >= 11 is 0. The molecule has 0 bridgehead atoms. The highest BCUT2D eigenvalue weighted by Gasteiger charge is 2.13. The zero-order chi connectivity index (χ0) is 29.5. The van der Waals surface area contributed by atoms with Gasteiger partial charge >= 0.3 is 11.8 Å². The molecule has 0 saturated carbocycles. The molecule has 0 aliphatic carbocycles. The smallest absolute Gasteiger partial charge is 0.313 e. The number of aromatic hydroxyl groups is 1. The fraction of sp³-hybridized carbons (Fsp3) is 0.588. The van der Waals surface area contributed by atoms with Crippen LogP contribution in [0.2, 0.25) is 0 Å². The molecule has 2 aromatic rings. The van der Waals surface area contributed by atoms with Crippen LogP contribution >= 0.6 is 0 Å². The quantitative estimate of drug-likeness (QED) is 0.0977. The highest BCUT2D eigenvalue weighted by molar-refractivity contribution is 6.39. The first-order valence-corrected chi connectivity index (χ1v) is 15.8. The number of carbonyl (C=O) groups excluding carboxylic acids is 2. The number of hydrogen-bond acceptors (Lipinski definition) is 5. The number of ether oxygens (including phenoxy) is 2. The second-order valence-corrected chi connectivity index (χ2v) is 10.9. The van der Waals surface area contributed by atoms with Gasteiger partial charge in [0.2, 0.25) is 0 Å². The van der Waals surface area contributed by atoms with Gasteiger partial charge in [-0.25, -0.2) is 0 Å². The lowest BCUT2D eigenvalue weighted by Crippen LogP contribution is -2.37. The zero-order valence-electron chi connectivity index (χ0n) is 25.3. The van der Waals surface area contributed by atoms with Gasteiger partial charge in [0.1, 0.15) is 17.2 Å². The van der Waals surface area contributed by atoms with Gasteiger partial charge in [-0.05, 0) is 61.9 Å². The van der Waals surface area contributed by atoms with E-state index in [1.54, 1.807) is 36.4 Å². The van der Waals surface area contributed by atoms with Crippen molar-refractivity contribution in [3.63, 3.8) is 0 Å². The van der Waals surface area contributed by atoms with Crippen LogP contribution in [0.4, 0.5) is 5.69 Å². The number of hydrogen-bond donors (Lipinski definition) is 3. The standard InChI is InChI=1S/C34H52N2O5/c1-3-4-5-6-7-8-9-10-11-12-13-14-15-16-17-28(2)40-27-26-35-33(38)34(39)36-29-18-22-31(23-19-29)41-32-24-20-30(37)21-25-32/h18-25,28,37H,3-17,26-27H2,1-2H3,(H,35,38)(H,36,39). The Kier molecular flexibility index (Phi) is 18.0. The minimum atomic E-state index is -0.729. The largest absolute Gasteiger partial charge is 0.508 e. The van der Waals surface area contributed by atoms with E-state index in [9.17, 15) is 14.7 Å². The summed E-state index contributed by atoms with van der Waals surface area (Å²) in [7, 11) is 0. The zero-order valence-corrected chi connectivity index (χ0v) is 25.3. The highest BCUT2D eigenvalue weighted by atomic mass is 16.5. The van der Waals surface area contributed by atoms with Crippen LogP contribution in [0.25, 0.3) is 0 Å². The molecule has 1 atom stereocenters. The van der Waals surface area contributed by atoms with Crippen molar-refractivity contribution in [1.82, 2.24) is 5.32 Å². The number of phenols is 1. The Labute approximate surface area is 247 Å². The summed E-state index contributed by atoms with van der Waals surface area (Å²) in [5, 5.41) is 14.5. The van der Waals surface area contributed by atoms with Crippen molar-refractivity contribution in [1.29, 1.82) is 0 Å². The summed E-state index contributed by atoms with van der Waals surface area (Å²) < 4.78 is 11.5. The second kappa shape index (κ2) is 21.7. The summed E-state index contributed by atoms with van der Waals surface area (Å²) in [5.41, 5.74) is 0.487. The van der Waals surface area contributed by atoms with E-state index < -0.39 is 11.8 Å². The average Bonchev–Trinajstić information content (AvgIpc) is 2.97. The van der Waals surface area contributed by atoms with Crippen molar-refractivity contribution in [2.75, 3.05) is 18.5 Å². The first-order chi connectivity index (χ1) is 20.0. The molecule has 0 aliphatic heterocycles. The van der Waals surface area contributed by atoms with Crippen LogP contribution in [-0.4, -0.2) is 36.2 Å². The third-order valence-electron chi connectivity index (χ3n) is 7.15. The Morgan fingerprint density at radius 3 is 1.73 bits per heavy atom. The summed E-state index contributed by atoms with van der Waals surface area (Å²) in [6.45, 7) is 4.99. The lowest BCUT2D eigenvalue weighted by molar-refractivity contribution is -0.136. The van der Waals surface area contributed by atoms with E-state index in [1.165, 1.54) is 95.6 Å². The summed E-state index contributed by atoms with van der Waals surface area (Å²) in [6.07, 6.45) is 20.1. The Morgan fingerprint density at radius 2 is 1.20 bits per heavy atom. The monoisotopic (exact) mass is 568 g/mol. The molecule has 0 aromatic heterocycles. The highest BCUT2D eigenvalue weighted by Crippen LogP contribution is 2.24. The van der Waals surface area contributed by atoms with E-state index in [2.05, 4.69) is 24.5 Å². The molecule has 228 valence electrons. The molecule has 0 aliphatic rings. The molecule has 7 heteroatoms. The minimum absolute atomic E-state index is 0.139. The van der Waals surface area contributed by atoms with Crippen LogP contribution in [0.3, 0.4) is 0 Å². The number of anilines is 1. The predicted molar refractivity (Wildman–Crippen MR) is 167 cm³/mol. The van der Waals surface area contributed by atoms with Crippen LogP contribution in [0, 0.1) is 0 Å². The van der Waals surface area contributed by atoms with Crippen molar-refractivity contribution < 1.29 is 24.2 Å². The Bertz CT molecular complexity index is 962. The molecular formula is C34H52N2O5. The second-order valence-electron chi connectivity index (χ2n) is 10.9. The van der Waals surface area contributed by atoms with Crippen LogP contribution < -0.4 is 15.4 Å². The topological polar surface area (TPSA) is 96.9 Å². The molecule has 2 rings (SSSR count). The lowest BCUT2D eigenvalue weighted by Gasteiger charge is -2.13. The van der Waals surface area contributed by atoms with Crippen molar-refractivity contribution in [2.45, 2.75) is 116 Å². The van der Waals surface area contributed by atoms with Gasteiger partial charge in [-0.2, -0.15) is 0 Å². The van der Waals surface area contributed by atoms with E-state index in [0.29, 0.717) is 23.8 Å². The fourth-order valence-corrected chi connectivity index (χ4v) is 4.66. The van der Waals surface area contributed by atoms with Gasteiger partial charge in [0, 0.05) is 12.2 Å². The van der Waals surface area contributed by atoms with Gasteiger partial charge in [0.25, 0.3) is 0 Å². The molecule has 41 heavy (non-hydrogen) atoms. The van der Waals surface area contributed by atoms with Crippen LogP contribution in [-0.2, 0) is 14.3 Å². The van der Waals surface area contributed by atoms with Gasteiger partial charge in [0.15, 0.2) is 0 Å². The molecular weight excluding hydrogens is 516 g/mol. The van der Waals surface area contributed by atoms with E-state index >= 15 is 0 Å². The third-order valence-corrected chi connectivity index (χ3v) is 7.15. The molecule has 2 amide bonds. The van der Waals surface area contributed by atoms with Crippen molar-refractivity contribution >= 4 is 17.5 Å². The summed E-state index contributed by atoms with van der Waals surface area (Å²) in [5.74, 6) is -0.117. The van der Waals surface area contributed by atoms with Gasteiger partial charge in [0.05, 0.1) is 12.7 Å². The number of rotatable bonds is 22. The van der Waals surface area contributed by atoms with Crippen LogP contribution in [0.5, 0.6) is 17.2 Å². The SMILES string of the molecule is CCCCCCCCCCCCCCCCC(C)OCCNC(=O)C(=O)Nc1ccc(Oc2ccc(O)cc2)cc1. The number of amides is 2. The molecule has 7 nitrogen and oxygen atoms in total. The van der Waals surface area contributed by atoms with Gasteiger partial charge in [-0.1, -0.05) is 96.8 Å². The predicted octanol–water partition coefficient (Wildman–Crippen LogP) is 8.52. The Morgan fingerprint density at radius 1 is 0.707 bits per heavy atom. The Hall–Kier alpha value is -3.06. The number of phenolic OH excluding ortho intramolecular Hbond substituents is 1. The molecule has 0 radical (unpaired) electrons. The molecule has 0 spiro atoms. The maximum Gasteiger partial charge on any atom is 0.313 e. The first-order valence-electron chi connectivity index (χ1n) is 15.8. The number of nitrogens with one attached hydrogen (secondary N) is 2. The van der Waals surface area contributed by atoms with Gasteiger partial charge in [-0.3, -0.25) is 9.59 Å². The van der Waals surface area contributed by atoms with E-state index in [-0.39, 0.29) is 18.4 Å². The molecule has 0 heterocycles. The van der Waals surface area contributed by atoms with E-state index in [1.807, 2.05) is 0 Å². The maximum absolute atomic E-state index is 12.2. The lowest BCUT2D eigenvalue weighted by atomic mass is 10.0. The normalized spacial score (nSPS) is 11.7. The minimum Gasteiger partial charge on any atom is -0.508 e. The number of unbranched alkanes of at least 4 members (excludes halogenated alkanes) is 13. The number of benzene rings is 2. The molecule has 1 unspecified atom stereocenters. The average molecular weight is 569 g/mol. The van der Waals surface area contributed by atoms with E-state index in [4.69, 9.17) is 9.47 Å². The van der Waals surface area contributed by atoms with E-state index in [0.717, 1.165) is 12.8 Å².